The van der Waals surface area contributed by atoms with E-state index in [2.05, 4.69) is 0 Å². The van der Waals surface area contributed by atoms with Gasteiger partial charge in [0.15, 0.2) is 0 Å². The molecule has 0 saturated carbocycles. The van der Waals surface area contributed by atoms with Crippen molar-refractivity contribution in [1.82, 2.24) is 0 Å². The third-order valence-electron chi connectivity index (χ3n) is 3.25. The van der Waals surface area contributed by atoms with E-state index in [9.17, 15) is 4.79 Å². The Kier molecular flexibility index (Phi) is 4.95. The second-order valence-electron chi connectivity index (χ2n) is 4.95. The molecule has 0 radical (unpaired) electrons. The van der Waals surface area contributed by atoms with E-state index in [4.69, 9.17) is 15.6 Å². The molecule has 3 N–H and O–H groups in total. The highest BCUT2D eigenvalue weighted by atomic mass is 16.5. The number of rotatable bonds is 6. The maximum atomic E-state index is 10.9. The molecule has 0 bridgehead atoms. The molecule has 110 valence electrons. The van der Waals surface area contributed by atoms with E-state index in [0.29, 0.717) is 6.61 Å². The summed E-state index contributed by atoms with van der Waals surface area (Å²) >= 11 is 0. The molecule has 4 nitrogen and oxygen atoms in total. The Morgan fingerprint density at radius 2 is 1.76 bits per heavy atom. The van der Waals surface area contributed by atoms with Crippen LogP contribution in [-0.2, 0) is 17.8 Å². The van der Waals surface area contributed by atoms with E-state index in [-0.39, 0.29) is 12.5 Å². The quantitative estimate of drug-likeness (QED) is 0.856. The molecule has 1 unspecified atom stereocenters. The molecule has 0 aliphatic carbocycles. The van der Waals surface area contributed by atoms with E-state index >= 15 is 0 Å². The number of para-hydroxylation sites is 1. The first-order chi connectivity index (χ1) is 10.1. The van der Waals surface area contributed by atoms with Crippen LogP contribution < -0.4 is 10.5 Å². The topological polar surface area (TPSA) is 72.5 Å². The molecule has 0 aromatic heterocycles. The van der Waals surface area contributed by atoms with Crippen LogP contribution in [0.3, 0.4) is 0 Å². The van der Waals surface area contributed by atoms with Crippen LogP contribution in [0.4, 0.5) is 0 Å². The van der Waals surface area contributed by atoms with Gasteiger partial charge in [-0.3, -0.25) is 4.79 Å². The van der Waals surface area contributed by atoms with Gasteiger partial charge in [0.1, 0.15) is 12.4 Å². The summed E-state index contributed by atoms with van der Waals surface area (Å²) in [4.78, 5) is 10.9. The van der Waals surface area contributed by atoms with Gasteiger partial charge < -0.3 is 15.6 Å². The first-order valence-corrected chi connectivity index (χ1v) is 6.84. The Morgan fingerprint density at radius 3 is 2.43 bits per heavy atom. The normalized spacial score (nSPS) is 11.9. The van der Waals surface area contributed by atoms with Crippen LogP contribution >= 0.6 is 0 Å². The third kappa shape index (κ3) is 4.07. The van der Waals surface area contributed by atoms with Gasteiger partial charge in [-0.1, -0.05) is 42.5 Å². The lowest BCUT2D eigenvalue weighted by molar-refractivity contribution is -0.136. The largest absolute Gasteiger partial charge is 0.489 e. The second kappa shape index (κ2) is 6.90. The van der Waals surface area contributed by atoms with Crippen molar-refractivity contribution in [3.05, 3.63) is 65.2 Å². The number of hydrogen-bond donors (Lipinski definition) is 2. The molecule has 0 fully saturated rings. The molecule has 0 amide bonds. The summed E-state index contributed by atoms with van der Waals surface area (Å²) in [5.41, 5.74) is 8.50. The minimum atomic E-state index is -0.849. The smallest absolute Gasteiger partial charge is 0.307 e. The summed E-state index contributed by atoms with van der Waals surface area (Å²) in [6.45, 7) is 2.23. The predicted octanol–water partition coefficient (Wildman–Crippen LogP) is 2.91. The number of carboxylic acids is 1. The van der Waals surface area contributed by atoms with Crippen LogP contribution in [0.2, 0.25) is 0 Å². The zero-order valence-corrected chi connectivity index (χ0v) is 12.0. The molecule has 2 rings (SSSR count). The molecular weight excluding hydrogens is 266 g/mol. The molecule has 0 aliphatic heterocycles. The number of nitrogens with two attached hydrogens (primary N) is 1. The minimum Gasteiger partial charge on any atom is -0.489 e. The Bertz CT molecular complexity index is 623. The molecule has 2 aromatic carbocycles. The molecular formula is C17H19NO3. The van der Waals surface area contributed by atoms with Crippen molar-refractivity contribution < 1.29 is 14.6 Å². The van der Waals surface area contributed by atoms with E-state index < -0.39 is 5.97 Å². The summed E-state index contributed by atoms with van der Waals surface area (Å²) in [6.07, 6.45) is -0.00548. The Labute approximate surface area is 124 Å². The number of benzene rings is 2. The van der Waals surface area contributed by atoms with Crippen LogP contribution in [0.1, 0.15) is 29.7 Å². The van der Waals surface area contributed by atoms with Crippen molar-refractivity contribution in [2.45, 2.75) is 26.0 Å². The Morgan fingerprint density at radius 1 is 1.14 bits per heavy atom. The van der Waals surface area contributed by atoms with Crippen molar-refractivity contribution in [2.75, 3.05) is 0 Å². The summed E-state index contributed by atoms with van der Waals surface area (Å²) in [5.74, 6) is -0.115. The lowest BCUT2D eigenvalue weighted by atomic mass is 10.1. The van der Waals surface area contributed by atoms with Crippen LogP contribution in [0.25, 0.3) is 0 Å². The number of aliphatic carboxylic acids is 1. The van der Waals surface area contributed by atoms with Gasteiger partial charge in [-0.2, -0.15) is 0 Å². The molecule has 0 spiro atoms. The highest BCUT2D eigenvalue weighted by Crippen LogP contribution is 2.24. The van der Waals surface area contributed by atoms with Gasteiger partial charge in [0.2, 0.25) is 0 Å². The van der Waals surface area contributed by atoms with E-state index in [1.165, 1.54) is 0 Å². The SMILES string of the molecule is CC(N)c1ccccc1OCc1ccccc1CC(=O)O. The molecule has 4 heteroatoms. The highest BCUT2D eigenvalue weighted by molar-refractivity contribution is 5.70. The summed E-state index contributed by atoms with van der Waals surface area (Å²) < 4.78 is 5.83. The number of ether oxygens (including phenoxy) is 1. The lowest BCUT2D eigenvalue weighted by Gasteiger charge is -2.15. The van der Waals surface area contributed by atoms with Gasteiger partial charge in [0.05, 0.1) is 6.42 Å². The fraction of sp³-hybridized carbons (Fsp3) is 0.235. The van der Waals surface area contributed by atoms with Crippen molar-refractivity contribution in [1.29, 1.82) is 0 Å². The van der Waals surface area contributed by atoms with E-state index in [1.54, 1.807) is 0 Å². The minimum absolute atomic E-state index is 0.00548. The van der Waals surface area contributed by atoms with Crippen molar-refractivity contribution in [2.24, 2.45) is 5.73 Å². The van der Waals surface area contributed by atoms with Crippen LogP contribution in [0.5, 0.6) is 5.75 Å². The van der Waals surface area contributed by atoms with Crippen molar-refractivity contribution >= 4 is 5.97 Å². The first-order valence-electron chi connectivity index (χ1n) is 6.84. The molecule has 0 heterocycles. The standard InChI is InChI=1S/C17H19NO3/c1-12(18)15-8-4-5-9-16(15)21-11-14-7-3-2-6-13(14)10-17(19)20/h2-9,12H,10-11,18H2,1H3,(H,19,20). The zero-order valence-electron chi connectivity index (χ0n) is 12.0. The maximum absolute atomic E-state index is 10.9. The van der Waals surface area contributed by atoms with Gasteiger partial charge in [-0.15, -0.1) is 0 Å². The van der Waals surface area contributed by atoms with E-state index in [1.807, 2.05) is 55.5 Å². The Balaban J connectivity index is 2.15. The molecule has 21 heavy (non-hydrogen) atoms. The zero-order chi connectivity index (χ0) is 15.2. The lowest BCUT2D eigenvalue weighted by Crippen LogP contribution is -2.09. The van der Waals surface area contributed by atoms with Gasteiger partial charge in [-0.25, -0.2) is 0 Å². The predicted molar refractivity (Wildman–Crippen MR) is 81.2 cm³/mol. The molecule has 0 saturated heterocycles. The number of carboxylic acid groups (broad SMARTS) is 1. The summed E-state index contributed by atoms with van der Waals surface area (Å²) in [7, 11) is 0. The average molecular weight is 285 g/mol. The second-order valence-corrected chi connectivity index (χ2v) is 4.95. The van der Waals surface area contributed by atoms with Crippen molar-refractivity contribution in [3.8, 4) is 5.75 Å². The number of hydrogen-bond acceptors (Lipinski definition) is 3. The van der Waals surface area contributed by atoms with Gasteiger partial charge in [-0.05, 0) is 24.1 Å². The average Bonchev–Trinajstić information content (AvgIpc) is 2.46. The van der Waals surface area contributed by atoms with Gasteiger partial charge in [0.25, 0.3) is 0 Å². The highest BCUT2D eigenvalue weighted by Gasteiger charge is 2.10. The fourth-order valence-electron chi connectivity index (χ4n) is 2.18. The Hall–Kier alpha value is -2.33. The third-order valence-corrected chi connectivity index (χ3v) is 3.25. The van der Waals surface area contributed by atoms with Crippen molar-refractivity contribution in [3.63, 3.8) is 0 Å². The molecule has 1 atom stereocenters. The van der Waals surface area contributed by atoms with Crippen LogP contribution in [0, 0.1) is 0 Å². The first kappa shape index (κ1) is 15.1. The fourth-order valence-corrected chi connectivity index (χ4v) is 2.18. The maximum Gasteiger partial charge on any atom is 0.307 e. The van der Waals surface area contributed by atoms with Gasteiger partial charge in [0, 0.05) is 11.6 Å². The molecule has 0 aliphatic rings. The number of carbonyl (C=O) groups is 1. The van der Waals surface area contributed by atoms with Crippen LogP contribution in [-0.4, -0.2) is 11.1 Å². The summed E-state index contributed by atoms with van der Waals surface area (Å²) in [6, 6.07) is 14.9. The molecule has 2 aromatic rings. The van der Waals surface area contributed by atoms with E-state index in [0.717, 1.165) is 22.4 Å². The van der Waals surface area contributed by atoms with Crippen LogP contribution in [0.15, 0.2) is 48.5 Å². The van der Waals surface area contributed by atoms with Gasteiger partial charge >= 0.3 is 5.97 Å². The monoisotopic (exact) mass is 285 g/mol. The summed E-state index contributed by atoms with van der Waals surface area (Å²) in [5, 5.41) is 8.94.